The Bertz CT molecular complexity index is 629. The largest absolute Gasteiger partial charge is 0.321 e. The average Bonchev–Trinajstić information content (AvgIpc) is 2.46. The van der Waals surface area contributed by atoms with Crippen molar-refractivity contribution in [1.82, 2.24) is 4.98 Å². The van der Waals surface area contributed by atoms with Crippen molar-refractivity contribution in [3.8, 4) is 0 Å². The van der Waals surface area contributed by atoms with Gasteiger partial charge in [-0.15, -0.1) is 0 Å². The molecule has 1 aromatic heterocycles. The molecule has 1 aliphatic rings. The van der Waals surface area contributed by atoms with Crippen molar-refractivity contribution in [1.29, 1.82) is 0 Å². The number of nitrogens with zero attached hydrogens (tertiary/aromatic N) is 1. The molecule has 2 N–H and O–H groups in total. The van der Waals surface area contributed by atoms with Crippen molar-refractivity contribution in [2.75, 3.05) is 0 Å². The summed E-state index contributed by atoms with van der Waals surface area (Å²) in [6, 6.07) is 10.6. The monoisotopic (exact) mass is 282 g/mol. The van der Waals surface area contributed by atoms with Crippen LogP contribution in [0.5, 0.6) is 0 Å². The van der Waals surface area contributed by atoms with Crippen molar-refractivity contribution in [3.05, 3.63) is 42.1 Å². The first-order chi connectivity index (χ1) is 10.0. The fraction of sp³-hybridized carbons (Fsp3) is 0.526. The highest BCUT2D eigenvalue weighted by Crippen LogP contribution is 2.46. The van der Waals surface area contributed by atoms with Crippen LogP contribution in [0.15, 0.2) is 36.5 Å². The highest BCUT2D eigenvalue weighted by molar-refractivity contribution is 5.82. The van der Waals surface area contributed by atoms with Crippen LogP contribution in [0.2, 0.25) is 0 Å². The maximum absolute atomic E-state index is 7.04. The van der Waals surface area contributed by atoms with Crippen LogP contribution < -0.4 is 5.73 Å². The van der Waals surface area contributed by atoms with Gasteiger partial charge in [0.25, 0.3) is 0 Å². The summed E-state index contributed by atoms with van der Waals surface area (Å²) in [5.41, 5.74) is 9.12. The zero-order chi connectivity index (χ0) is 15.0. The lowest BCUT2D eigenvalue weighted by Gasteiger charge is -2.46. The third-order valence-electron chi connectivity index (χ3n) is 5.26. The molecule has 0 aliphatic heterocycles. The van der Waals surface area contributed by atoms with Crippen LogP contribution in [0.3, 0.4) is 0 Å². The molecule has 0 radical (unpaired) electrons. The smallest absolute Gasteiger partial charge is 0.0752 e. The van der Waals surface area contributed by atoms with Crippen LogP contribution in [0.4, 0.5) is 0 Å². The summed E-state index contributed by atoms with van der Waals surface area (Å²) >= 11 is 0. The van der Waals surface area contributed by atoms with E-state index in [1.165, 1.54) is 23.8 Å². The second-order valence-corrected chi connectivity index (χ2v) is 7.16. The van der Waals surface area contributed by atoms with Crippen molar-refractivity contribution in [2.45, 2.75) is 45.6 Å². The van der Waals surface area contributed by atoms with Gasteiger partial charge in [-0.1, -0.05) is 51.5 Å². The summed E-state index contributed by atoms with van der Waals surface area (Å²) in [5, 5.41) is 1.19. The van der Waals surface area contributed by atoms with Crippen LogP contribution in [-0.2, 0) is 5.54 Å². The topological polar surface area (TPSA) is 38.9 Å². The highest BCUT2D eigenvalue weighted by Gasteiger charge is 2.43. The van der Waals surface area contributed by atoms with E-state index in [2.05, 4.69) is 50.0 Å². The summed E-state index contributed by atoms with van der Waals surface area (Å²) in [7, 11) is 0. The fourth-order valence-electron chi connectivity index (χ4n) is 4.27. The maximum atomic E-state index is 7.04. The quantitative estimate of drug-likeness (QED) is 0.882. The minimum Gasteiger partial charge on any atom is -0.321 e. The molecule has 1 aromatic carbocycles. The van der Waals surface area contributed by atoms with E-state index >= 15 is 0 Å². The van der Waals surface area contributed by atoms with Crippen LogP contribution in [-0.4, -0.2) is 4.98 Å². The van der Waals surface area contributed by atoms with Gasteiger partial charge in [0.1, 0.15) is 0 Å². The first kappa shape index (κ1) is 14.5. The summed E-state index contributed by atoms with van der Waals surface area (Å²) in [4.78, 5) is 4.64. The van der Waals surface area contributed by atoms with E-state index < -0.39 is 0 Å². The summed E-state index contributed by atoms with van der Waals surface area (Å²) in [6.45, 7) is 6.94. The number of benzene rings is 1. The molecule has 2 nitrogen and oxygen atoms in total. The van der Waals surface area contributed by atoms with Crippen LogP contribution in [0, 0.1) is 17.8 Å². The Kier molecular flexibility index (Phi) is 3.75. The minimum absolute atomic E-state index is 0.250. The Morgan fingerprint density at radius 2 is 1.95 bits per heavy atom. The zero-order valence-electron chi connectivity index (χ0n) is 13.3. The van der Waals surface area contributed by atoms with Crippen LogP contribution in [0.1, 0.15) is 45.6 Å². The van der Waals surface area contributed by atoms with E-state index in [0.29, 0.717) is 17.8 Å². The predicted octanol–water partition coefficient (Wildman–Crippen LogP) is 4.48. The van der Waals surface area contributed by atoms with Crippen molar-refractivity contribution in [3.63, 3.8) is 0 Å². The van der Waals surface area contributed by atoms with Gasteiger partial charge < -0.3 is 5.73 Å². The molecule has 0 spiro atoms. The van der Waals surface area contributed by atoms with Gasteiger partial charge >= 0.3 is 0 Å². The average molecular weight is 282 g/mol. The van der Waals surface area contributed by atoms with Gasteiger partial charge in [0.15, 0.2) is 0 Å². The molecule has 21 heavy (non-hydrogen) atoms. The normalized spacial score (nSPS) is 30.0. The van der Waals surface area contributed by atoms with Gasteiger partial charge in [-0.2, -0.15) is 0 Å². The predicted molar refractivity (Wildman–Crippen MR) is 89.0 cm³/mol. The van der Waals surface area contributed by atoms with E-state index in [0.717, 1.165) is 11.9 Å². The Balaban J connectivity index is 2.17. The molecule has 2 aromatic rings. The number of rotatable bonds is 2. The Labute approximate surface area is 127 Å². The standard InChI is InChI=1S/C19H26N2/c1-13(2)16-10-9-14(3)12-19(16,20)17-8-4-6-15-7-5-11-21-18(15)17/h4-8,11,13-14,16H,9-10,12,20H2,1-3H3. The van der Waals surface area contributed by atoms with E-state index in [4.69, 9.17) is 5.73 Å². The first-order valence-electron chi connectivity index (χ1n) is 8.15. The van der Waals surface area contributed by atoms with Crippen molar-refractivity contribution >= 4 is 10.9 Å². The van der Waals surface area contributed by atoms with Gasteiger partial charge in [0.2, 0.25) is 0 Å². The number of pyridine rings is 1. The molecule has 3 unspecified atom stereocenters. The van der Waals surface area contributed by atoms with E-state index in [9.17, 15) is 0 Å². The molecule has 0 bridgehead atoms. The molecule has 2 heteroatoms. The van der Waals surface area contributed by atoms with E-state index in [-0.39, 0.29) is 5.54 Å². The van der Waals surface area contributed by atoms with Gasteiger partial charge in [-0.3, -0.25) is 4.98 Å². The van der Waals surface area contributed by atoms with E-state index in [1.807, 2.05) is 12.3 Å². The van der Waals surface area contributed by atoms with Gasteiger partial charge in [0, 0.05) is 17.1 Å². The van der Waals surface area contributed by atoms with Crippen molar-refractivity contribution < 1.29 is 0 Å². The number of aromatic nitrogens is 1. The molecule has 3 atom stereocenters. The molecule has 1 saturated carbocycles. The first-order valence-corrected chi connectivity index (χ1v) is 8.15. The number of hydrogen-bond acceptors (Lipinski definition) is 2. The molecular weight excluding hydrogens is 256 g/mol. The molecule has 1 heterocycles. The second kappa shape index (κ2) is 5.42. The fourth-order valence-corrected chi connectivity index (χ4v) is 4.27. The second-order valence-electron chi connectivity index (χ2n) is 7.16. The summed E-state index contributed by atoms with van der Waals surface area (Å²) < 4.78 is 0. The van der Waals surface area contributed by atoms with Gasteiger partial charge in [0.05, 0.1) is 5.52 Å². The third-order valence-corrected chi connectivity index (χ3v) is 5.26. The number of hydrogen-bond donors (Lipinski definition) is 1. The molecule has 0 amide bonds. The van der Waals surface area contributed by atoms with Crippen molar-refractivity contribution in [2.24, 2.45) is 23.5 Å². The lowest BCUT2D eigenvalue weighted by Crippen LogP contribution is -2.50. The molecule has 1 aliphatic carbocycles. The maximum Gasteiger partial charge on any atom is 0.0752 e. The SMILES string of the molecule is CC1CCC(C(C)C)C(N)(c2cccc3cccnc23)C1. The lowest BCUT2D eigenvalue weighted by molar-refractivity contribution is 0.109. The van der Waals surface area contributed by atoms with Gasteiger partial charge in [-0.25, -0.2) is 0 Å². The van der Waals surface area contributed by atoms with Crippen LogP contribution >= 0.6 is 0 Å². The molecule has 3 rings (SSSR count). The Morgan fingerprint density at radius 1 is 1.19 bits per heavy atom. The third kappa shape index (κ3) is 2.46. The van der Waals surface area contributed by atoms with E-state index in [1.54, 1.807) is 0 Å². The number of nitrogens with two attached hydrogens (primary N) is 1. The number of fused-ring (bicyclic) bond motifs is 1. The molecule has 0 saturated heterocycles. The summed E-state index contributed by atoms with van der Waals surface area (Å²) in [6.07, 6.45) is 5.45. The van der Waals surface area contributed by atoms with Gasteiger partial charge in [-0.05, 0) is 42.2 Å². The minimum atomic E-state index is -0.250. The molecular formula is C19H26N2. The molecule has 1 fully saturated rings. The number of para-hydroxylation sites is 1. The Morgan fingerprint density at radius 3 is 2.71 bits per heavy atom. The lowest BCUT2D eigenvalue weighted by atomic mass is 9.62. The summed E-state index contributed by atoms with van der Waals surface area (Å²) in [5.74, 6) is 1.81. The highest BCUT2D eigenvalue weighted by atomic mass is 14.8. The Hall–Kier alpha value is -1.41. The molecule has 112 valence electrons. The zero-order valence-corrected chi connectivity index (χ0v) is 13.3. The van der Waals surface area contributed by atoms with Crippen LogP contribution in [0.25, 0.3) is 10.9 Å².